The lowest BCUT2D eigenvalue weighted by molar-refractivity contribution is -0.138. The Morgan fingerprint density at radius 2 is 2.00 bits per heavy atom. The molecule has 4 heterocycles. The lowest BCUT2D eigenvalue weighted by atomic mass is 9.84. The highest BCUT2D eigenvalue weighted by Crippen LogP contribution is 2.34. The Balaban J connectivity index is 1.50. The number of aryl methyl sites for hydroxylation is 2. The fraction of sp³-hybridized carbons (Fsp3) is 0.789. The zero-order chi connectivity index (χ0) is 17.6. The highest BCUT2D eigenvalue weighted by atomic mass is 35.5. The van der Waals surface area contributed by atoms with Crippen molar-refractivity contribution in [2.75, 3.05) is 19.6 Å². The van der Waals surface area contributed by atoms with Gasteiger partial charge in [0.15, 0.2) is 0 Å². The van der Waals surface area contributed by atoms with E-state index >= 15 is 0 Å². The van der Waals surface area contributed by atoms with Gasteiger partial charge >= 0.3 is 0 Å². The standard InChI is InChI=1S/C19H29ClN4O/c1-3-17-16(18(20)22(2)21-17)12-23-9-13-7-8-15(23)11-24(10-13)19(25)14-5-4-6-14/h13-15H,3-12H2,1-2H3/t13-,15-/m1/s1. The number of hydrogen-bond donors (Lipinski definition) is 0. The number of halogens is 1. The summed E-state index contributed by atoms with van der Waals surface area (Å²) in [7, 11) is 1.92. The van der Waals surface area contributed by atoms with Crippen molar-refractivity contribution >= 4 is 17.5 Å². The molecule has 5 nitrogen and oxygen atoms in total. The van der Waals surface area contributed by atoms with Gasteiger partial charge < -0.3 is 4.90 Å². The number of aromatic nitrogens is 2. The second-order valence-electron chi connectivity index (χ2n) is 8.09. The minimum absolute atomic E-state index is 0.311. The summed E-state index contributed by atoms with van der Waals surface area (Å²) >= 11 is 6.51. The lowest BCUT2D eigenvalue weighted by Gasteiger charge is -2.36. The summed E-state index contributed by atoms with van der Waals surface area (Å²) in [6.07, 6.45) is 6.77. The van der Waals surface area contributed by atoms with Crippen LogP contribution in [0.15, 0.2) is 0 Å². The topological polar surface area (TPSA) is 41.4 Å². The number of piperidine rings is 1. The first kappa shape index (κ1) is 17.3. The van der Waals surface area contributed by atoms with Crippen LogP contribution in [0.4, 0.5) is 0 Å². The van der Waals surface area contributed by atoms with Crippen LogP contribution in [0.25, 0.3) is 0 Å². The number of fused-ring (bicyclic) bond motifs is 4. The molecule has 138 valence electrons. The molecule has 0 radical (unpaired) electrons. The van der Waals surface area contributed by atoms with Crippen LogP contribution in [-0.4, -0.2) is 51.2 Å². The van der Waals surface area contributed by atoms with Crippen molar-refractivity contribution in [3.8, 4) is 0 Å². The predicted molar refractivity (Wildman–Crippen MR) is 98.4 cm³/mol. The third-order valence-electron chi connectivity index (χ3n) is 6.44. The molecule has 6 heteroatoms. The molecule has 2 bridgehead atoms. The molecule has 5 rings (SSSR count). The minimum atomic E-state index is 0.311. The molecule has 3 saturated heterocycles. The molecule has 1 aromatic heterocycles. The van der Waals surface area contributed by atoms with Crippen LogP contribution in [-0.2, 0) is 24.8 Å². The second-order valence-corrected chi connectivity index (χ2v) is 8.45. The third kappa shape index (κ3) is 3.21. The van der Waals surface area contributed by atoms with Crippen molar-refractivity contribution in [2.45, 2.75) is 58.0 Å². The number of nitrogens with zero attached hydrogens (tertiary/aromatic N) is 4. The number of carbonyl (C=O) groups excluding carboxylic acids is 1. The van der Waals surface area contributed by atoms with Crippen LogP contribution in [0, 0.1) is 11.8 Å². The van der Waals surface area contributed by atoms with E-state index in [0.29, 0.717) is 23.8 Å². The Bertz CT molecular complexity index is 654. The molecule has 4 fully saturated rings. The summed E-state index contributed by atoms with van der Waals surface area (Å²) in [5, 5.41) is 5.32. The predicted octanol–water partition coefficient (Wildman–Crippen LogP) is 2.86. The number of amides is 1. The average Bonchev–Trinajstić information content (AvgIpc) is 2.75. The Hall–Kier alpha value is -1.07. The van der Waals surface area contributed by atoms with E-state index in [9.17, 15) is 4.79 Å². The van der Waals surface area contributed by atoms with Crippen LogP contribution in [0.3, 0.4) is 0 Å². The van der Waals surface area contributed by atoms with Crippen LogP contribution < -0.4 is 0 Å². The molecule has 1 saturated carbocycles. The molecule has 0 spiro atoms. The van der Waals surface area contributed by atoms with E-state index in [1.807, 2.05) is 7.05 Å². The van der Waals surface area contributed by atoms with Crippen LogP contribution >= 0.6 is 11.6 Å². The van der Waals surface area contributed by atoms with Gasteiger partial charge in [-0.3, -0.25) is 14.4 Å². The van der Waals surface area contributed by atoms with Crippen molar-refractivity contribution in [1.29, 1.82) is 0 Å². The molecule has 3 aliphatic heterocycles. The van der Waals surface area contributed by atoms with Crippen molar-refractivity contribution < 1.29 is 4.79 Å². The van der Waals surface area contributed by atoms with Crippen LogP contribution in [0.5, 0.6) is 0 Å². The summed E-state index contributed by atoms with van der Waals surface area (Å²) in [5.74, 6) is 1.33. The molecular weight excluding hydrogens is 336 g/mol. The van der Waals surface area contributed by atoms with Crippen LogP contribution in [0.1, 0.15) is 50.3 Å². The Morgan fingerprint density at radius 3 is 2.68 bits per heavy atom. The molecular formula is C19H29ClN4O. The van der Waals surface area contributed by atoms with Gasteiger partial charge in [0.1, 0.15) is 5.15 Å². The second kappa shape index (κ2) is 6.92. The van der Waals surface area contributed by atoms with E-state index in [1.54, 1.807) is 4.68 Å². The zero-order valence-corrected chi connectivity index (χ0v) is 16.1. The van der Waals surface area contributed by atoms with Crippen LogP contribution in [0.2, 0.25) is 5.15 Å². The van der Waals surface area contributed by atoms with Gasteiger partial charge in [0.25, 0.3) is 0 Å². The van der Waals surface area contributed by atoms with Crippen molar-refractivity contribution in [1.82, 2.24) is 19.6 Å². The van der Waals surface area contributed by atoms with E-state index in [-0.39, 0.29) is 0 Å². The fourth-order valence-corrected chi connectivity index (χ4v) is 4.92. The van der Waals surface area contributed by atoms with E-state index in [2.05, 4.69) is 21.8 Å². The summed E-state index contributed by atoms with van der Waals surface area (Å²) in [4.78, 5) is 17.5. The molecule has 0 aromatic carbocycles. The third-order valence-corrected chi connectivity index (χ3v) is 6.91. The van der Waals surface area contributed by atoms with Gasteiger partial charge in [0, 0.05) is 50.7 Å². The largest absolute Gasteiger partial charge is 0.341 e. The number of hydrogen-bond acceptors (Lipinski definition) is 3. The smallest absolute Gasteiger partial charge is 0.225 e. The maximum Gasteiger partial charge on any atom is 0.225 e. The maximum atomic E-state index is 12.7. The van der Waals surface area contributed by atoms with E-state index in [1.165, 1.54) is 24.8 Å². The fourth-order valence-electron chi connectivity index (χ4n) is 4.71. The molecule has 0 unspecified atom stereocenters. The number of rotatable bonds is 4. The van der Waals surface area contributed by atoms with Crippen molar-refractivity contribution in [2.24, 2.45) is 18.9 Å². The zero-order valence-electron chi connectivity index (χ0n) is 15.4. The first-order chi connectivity index (χ1) is 12.1. The first-order valence-electron chi connectivity index (χ1n) is 9.79. The van der Waals surface area contributed by atoms with Gasteiger partial charge in [0.05, 0.1) is 5.69 Å². The van der Waals surface area contributed by atoms with Gasteiger partial charge in [-0.15, -0.1) is 0 Å². The molecule has 0 N–H and O–H groups in total. The van der Waals surface area contributed by atoms with Gasteiger partial charge in [-0.05, 0) is 38.0 Å². The summed E-state index contributed by atoms with van der Waals surface area (Å²) in [6.45, 7) is 5.92. The average molecular weight is 365 g/mol. The SMILES string of the molecule is CCc1nn(C)c(Cl)c1CN1C[C@H]2CC[C@@H]1CN(C(=O)C1CCC1)C2. The van der Waals surface area contributed by atoms with E-state index in [4.69, 9.17) is 11.6 Å². The van der Waals surface area contributed by atoms with Gasteiger partial charge in [0.2, 0.25) is 5.91 Å². The Labute approximate surface area is 155 Å². The molecule has 1 amide bonds. The molecule has 2 atom stereocenters. The first-order valence-corrected chi connectivity index (χ1v) is 10.2. The van der Waals surface area contributed by atoms with Crippen molar-refractivity contribution in [3.05, 3.63) is 16.4 Å². The van der Waals surface area contributed by atoms with Gasteiger partial charge in [-0.25, -0.2) is 0 Å². The molecule has 4 aliphatic rings. The van der Waals surface area contributed by atoms with Crippen molar-refractivity contribution in [3.63, 3.8) is 0 Å². The van der Waals surface area contributed by atoms with Gasteiger partial charge in [-0.1, -0.05) is 24.9 Å². The molecule has 1 aromatic rings. The summed E-state index contributed by atoms with van der Waals surface area (Å²) in [6, 6.07) is 0.462. The monoisotopic (exact) mass is 364 g/mol. The summed E-state index contributed by atoms with van der Waals surface area (Å²) in [5.41, 5.74) is 2.28. The number of carbonyl (C=O) groups is 1. The quantitative estimate of drug-likeness (QED) is 0.824. The van der Waals surface area contributed by atoms with E-state index in [0.717, 1.165) is 56.3 Å². The molecule has 25 heavy (non-hydrogen) atoms. The minimum Gasteiger partial charge on any atom is -0.341 e. The Kier molecular flexibility index (Phi) is 4.80. The highest BCUT2D eigenvalue weighted by molar-refractivity contribution is 6.30. The normalized spacial score (nSPS) is 27.4. The Morgan fingerprint density at radius 1 is 1.20 bits per heavy atom. The maximum absolute atomic E-state index is 12.7. The molecule has 1 aliphatic carbocycles. The van der Waals surface area contributed by atoms with Gasteiger partial charge in [-0.2, -0.15) is 5.10 Å². The highest BCUT2D eigenvalue weighted by Gasteiger charge is 2.39. The van der Waals surface area contributed by atoms with E-state index < -0.39 is 0 Å². The lowest BCUT2D eigenvalue weighted by Crippen LogP contribution is -2.45. The summed E-state index contributed by atoms with van der Waals surface area (Å²) < 4.78 is 1.79.